The van der Waals surface area contributed by atoms with Crippen LogP contribution < -0.4 is 5.32 Å². The number of nitrogens with zero attached hydrogens (tertiary/aromatic N) is 2. The number of rotatable bonds is 6. The lowest BCUT2D eigenvalue weighted by molar-refractivity contribution is -0.128. The lowest BCUT2D eigenvalue weighted by Crippen LogP contribution is -2.31. The number of hydrogen-bond acceptors (Lipinski definition) is 5. The van der Waals surface area contributed by atoms with Gasteiger partial charge in [-0.25, -0.2) is 4.98 Å². The maximum atomic E-state index is 12.6. The zero-order chi connectivity index (χ0) is 19.6. The van der Waals surface area contributed by atoms with Gasteiger partial charge in [-0.2, -0.15) is 0 Å². The van der Waals surface area contributed by atoms with E-state index in [2.05, 4.69) is 10.3 Å². The number of aryl methyl sites for hydroxylation is 1. The van der Waals surface area contributed by atoms with Crippen LogP contribution in [0.15, 0.2) is 41.1 Å². The molecular formula is C18H17Cl2N3O3S. The van der Waals surface area contributed by atoms with E-state index in [1.807, 2.05) is 6.07 Å². The fraction of sp³-hybridized carbons (Fsp3) is 0.278. The summed E-state index contributed by atoms with van der Waals surface area (Å²) in [4.78, 5) is 30.2. The molecule has 2 N–H and O–H groups in total. The van der Waals surface area contributed by atoms with Crippen LogP contribution in [0.2, 0.25) is 10.0 Å². The van der Waals surface area contributed by atoms with Gasteiger partial charge in [-0.1, -0.05) is 29.3 Å². The molecule has 0 bridgehead atoms. The molecule has 2 heterocycles. The molecule has 1 aliphatic heterocycles. The number of aromatic nitrogens is 1. The highest BCUT2D eigenvalue weighted by molar-refractivity contribution is 7.09. The first kappa shape index (κ1) is 19.7. The highest BCUT2D eigenvalue weighted by atomic mass is 35.5. The van der Waals surface area contributed by atoms with Gasteiger partial charge in [0.1, 0.15) is 11.0 Å². The van der Waals surface area contributed by atoms with E-state index in [0.29, 0.717) is 34.4 Å². The number of carbonyl (C=O) groups is 2. The molecule has 1 atom stereocenters. The molecule has 1 aromatic carbocycles. The number of carbonyl (C=O) groups excluding carboxylic acids is 2. The summed E-state index contributed by atoms with van der Waals surface area (Å²) in [5, 5.41) is 16.2. The van der Waals surface area contributed by atoms with Crippen LogP contribution >= 0.6 is 34.5 Å². The smallest absolute Gasteiger partial charge is 0.289 e. The van der Waals surface area contributed by atoms with Crippen molar-refractivity contribution >= 4 is 46.4 Å². The number of amides is 2. The van der Waals surface area contributed by atoms with Crippen molar-refractivity contribution in [2.75, 3.05) is 13.6 Å². The standard InChI is InChI=1S/C18H17Cl2N3O3S/c1-23-14(17-22-7-8-27-17)13(15(24)18(23)26)16(25)21-6-2-3-10-4-5-11(19)12(20)9-10/h4-5,7-9,14,24H,2-3,6H2,1H3,(H,21,25). The molecule has 0 aliphatic carbocycles. The van der Waals surface area contributed by atoms with E-state index >= 15 is 0 Å². The van der Waals surface area contributed by atoms with Crippen molar-refractivity contribution in [3.05, 3.63) is 61.7 Å². The Morgan fingerprint density at radius 1 is 1.37 bits per heavy atom. The van der Waals surface area contributed by atoms with Gasteiger partial charge in [0.05, 0.1) is 15.6 Å². The second kappa shape index (κ2) is 8.29. The molecule has 0 saturated carbocycles. The SMILES string of the molecule is CN1C(=O)C(O)=C(C(=O)NCCCc2ccc(Cl)c(Cl)c2)C1c1nccs1. The van der Waals surface area contributed by atoms with Crippen LogP contribution in [0.4, 0.5) is 0 Å². The van der Waals surface area contributed by atoms with Gasteiger partial charge in [0, 0.05) is 25.2 Å². The van der Waals surface area contributed by atoms with Gasteiger partial charge in [-0.3, -0.25) is 9.59 Å². The lowest BCUT2D eigenvalue weighted by Gasteiger charge is -2.19. The van der Waals surface area contributed by atoms with E-state index in [0.717, 1.165) is 5.56 Å². The van der Waals surface area contributed by atoms with Gasteiger partial charge in [0.15, 0.2) is 5.76 Å². The molecule has 27 heavy (non-hydrogen) atoms. The molecule has 3 rings (SSSR count). The highest BCUT2D eigenvalue weighted by Gasteiger charge is 2.42. The topological polar surface area (TPSA) is 82.5 Å². The Hall–Kier alpha value is -2.09. The summed E-state index contributed by atoms with van der Waals surface area (Å²) in [7, 11) is 1.54. The Kier molecular flexibility index (Phi) is 6.04. The number of thiazole rings is 1. The van der Waals surface area contributed by atoms with E-state index in [1.165, 1.54) is 23.3 Å². The largest absolute Gasteiger partial charge is 0.503 e. The Morgan fingerprint density at radius 2 is 2.15 bits per heavy atom. The molecule has 0 fully saturated rings. The van der Waals surface area contributed by atoms with Crippen LogP contribution in [-0.4, -0.2) is 40.4 Å². The van der Waals surface area contributed by atoms with Crippen molar-refractivity contribution in [1.82, 2.24) is 15.2 Å². The number of aliphatic hydroxyl groups excluding tert-OH is 1. The summed E-state index contributed by atoms with van der Waals surface area (Å²) in [6.45, 7) is 0.387. The first-order chi connectivity index (χ1) is 12.9. The molecule has 0 radical (unpaired) electrons. The van der Waals surface area contributed by atoms with Crippen molar-refractivity contribution in [2.45, 2.75) is 18.9 Å². The minimum atomic E-state index is -0.674. The normalized spacial score (nSPS) is 16.9. The van der Waals surface area contributed by atoms with Gasteiger partial charge in [0.25, 0.3) is 11.8 Å². The van der Waals surface area contributed by atoms with Crippen molar-refractivity contribution in [3.63, 3.8) is 0 Å². The van der Waals surface area contributed by atoms with Gasteiger partial charge >= 0.3 is 0 Å². The summed E-state index contributed by atoms with van der Waals surface area (Å²) in [5.41, 5.74) is 1.05. The van der Waals surface area contributed by atoms with E-state index < -0.39 is 23.6 Å². The van der Waals surface area contributed by atoms with Gasteiger partial charge < -0.3 is 15.3 Å². The first-order valence-electron chi connectivity index (χ1n) is 8.22. The number of benzene rings is 1. The van der Waals surface area contributed by atoms with Gasteiger partial charge in [0.2, 0.25) is 0 Å². The molecule has 2 aromatic rings. The highest BCUT2D eigenvalue weighted by Crippen LogP contribution is 2.36. The van der Waals surface area contributed by atoms with Gasteiger partial charge in [-0.05, 0) is 30.5 Å². The average molecular weight is 426 g/mol. The molecule has 1 unspecified atom stereocenters. The van der Waals surface area contributed by atoms with E-state index in [9.17, 15) is 14.7 Å². The molecule has 6 nitrogen and oxygen atoms in total. The maximum absolute atomic E-state index is 12.6. The molecule has 2 amide bonds. The number of nitrogens with one attached hydrogen (secondary N) is 1. The number of halogens is 2. The molecule has 0 saturated heterocycles. The van der Waals surface area contributed by atoms with Crippen LogP contribution in [0.5, 0.6) is 0 Å². The predicted molar refractivity (Wildman–Crippen MR) is 105 cm³/mol. The Morgan fingerprint density at radius 3 is 2.81 bits per heavy atom. The second-order valence-electron chi connectivity index (χ2n) is 6.06. The Balaban J connectivity index is 1.62. The van der Waals surface area contributed by atoms with Crippen LogP contribution in [0, 0.1) is 0 Å². The Bertz CT molecular complexity index is 899. The number of hydrogen-bond donors (Lipinski definition) is 2. The van der Waals surface area contributed by atoms with Crippen molar-refractivity contribution in [1.29, 1.82) is 0 Å². The minimum Gasteiger partial charge on any atom is -0.503 e. The number of likely N-dealkylation sites (N-methyl/N-ethyl adjacent to an activating group) is 1. The zero-order valence-electron chi connectivity index (χ0n) is 14.4. The zero-order valence-corrected chi connectivity index (χ0v) is 16.7. The summed E-state index contributed by atoms with van der Waals surface area (Å²) in [6.07, 6.45) is 2.97. The van der Waals surface area contributed by atoms with E-state index in [1.54, 1.807) is 23.7 Å². The fourth-order valence-electron chi connectivity index (χ4n) is 2.90. The third-order valence-electron chi connectivity index (χ3n) is 4.28. The summed E-state index contributed by atoms with van der Waals surface area (Å²) in [5.74, 6) is -1.59. The Labute approximate surface area is 170 Å². The predicted octanol–water partition coefficient (Wildman–Crippen LogP) is 3.52. The van der Waals surface area contributed by atoms with E-state index in [-0.39, 0.29) is 5.57 Å². The van der Waals surface area contributed by atoms with Crippen LogP contribution in [-0.2, 0) is 16.0 Å². The third kappa shape index (κ3) is 4.10. The lowest BCUT2D eigenvalue weighted by atomic mass is 10.1. The van der Waals surface area contributed by atoms with E-state index in [4.69, 9.17) is 23.2 Å². The molecule has 9 heteroatoms. The molecule has 1 aliphatic rings. The fourth-order valence-corrected chi connectivity index (χ4v) is 4.01. The number of aliphatic hydroxyl groups is 1. The average Bonchev–Trinajstić information content (AvgIpc) is 3.24. The minimum absolute atomic E-state index is 0.0342. The summed E-state index contributed by atoms with van der Waals surface area (Å²) < 4.78 is 0. The van der Waals surface area contributed by atoms with Crippen LogP contribution in [0.3, 0.4) is 0 Å². The summed E-state index contributed by atoms with van der Waals surface area (Å²) >= 11 is 13.2. The monoisotopic (exact) mass is 425 g/mol. The van der Waals surface area contributed by atoms with Crippen molar-refractivity contribution < 1.29 is 14.7 Å². The van der Waals surface area contributed by atoms with Crippen LogP contribution in [0.1, 0.15) is 23.0 Å². The molecule has 0 spiro atoms. The van der Waals surface area contributed by atoms with Crippen molar-refractivity contribution in [3.8, 4) is 0 Å². The molecule has 1 aromatic heterocycles. The first-order valence-corrected chi connectivity index (χ1v) is 9.85. The van der Waals surface area contributed by atoms with Crippen LogP contribution in [0.25, 0.3) is 0 Å². The third-order valence-corrected chi connectivity index (χ3v) is 5.85. The van der Waals surface area contributed by atoms with Gasteiger partial charge in [-0.15, -0.1) is 11.3 Å². The second-order valence-corrected chi connectivity index (χ2v) is 7.80. The quantitative estimate of drug-likeness (QED) is 0.693. The molecule has 142 valence electrons. The summed E-state index contributed by atoms with van der Waals surface area (Å²) in [6, 6.07) is 4.74. The molecular weight excluding hydrogens is 409 g/mol. The van der Waals surface area contributed by atoms with Crippen molar-refractivity contribution in [2.24, 2.45) is 0 Å². The maximum Gasteiger partial charge on any atom is 0.289 e.